The van der Waals surface area contributed by atoms with Crippen molar-refractivity contribution in [1.29, 1.82) is 0 Å². The molecule has 146 valence electrons. The lowest BCUT2D eigenvalue weighted by molar-refractivity contribution is -0.180. The zero-order valence-electron chi connectivity index (χ0n) is 16.0. The van der Waals surface area contributed by atoms with E-state index in [9.17, 15) is 14.0 Å². The fourth-order valence-electron chi connectivity index (χ4n) is 4.40. The van der Waals surface area contributed by atoms with Crippen LogP contribution in [0.15, 0.2) is 48.5 Å². The first-order chi connectivity index (χ1) is 13.4. The molecule has 0 N–H and O–H groups in total. The third-order valence-electron chi connectivity index (χ3n) is 6.05. The third kappa shape index (κ3) is 2.88. The summed E-state index contributed by atoms with van der Waals surface area (Å²) in [6.07, 6.45) is 0.216. The lowest BCUT2D eigenvalue weighted by Crippen LogP contribution is -2.67. The Kier molecular flexibility index (Phi) is 4.67. The molecule has 0 aliphatic carbocycles. The maximum absolute atomic E-state index is 13.7. The normalized spacial score (nSPS) is 24.8. The molecule has 2 aliphatic heterocycles. The van der Waals surface area contributed by atoms with Gasteiger partial charge in [0.1, 0.15) is 18.5 Å². The summed E-state index contributed by atoms with van der Waals surface area (Å²) in [6, 6.07) is 14.1. The molecule has 5 nitrogen and oxygen atoms in total. The van der Waals surface area contributed by atoms with Gasteiger partial charge < -0.3 is 14.5 Å². The summed E-state index contributed by atoms with van der Waals surface area (Å²) in [4.78, 5) is 29.0. The van der Waals surface area contributed by atoms with Gasteiger partial charge in [0.25, 0.3) is 5.91 Å². The average Bonchev–Trinajstić information content (AvgIpc) is 2.72. The van der Waals surface area contributed by atoms with Crippen LogP contribution in [0.1, 0.15) is 27.9 Å². The topological polar surface area (TPSA) is 49.9 Å². The summed E-state index contributed by atoms with van der Waals surface area (Å²) in [5, 5.41) is 0. The molecule has 0 spiro atoms. The number of halogens is 1. The van der Waals surface area contributed by atoms with Crippen molar-refractivity contribution < 1.29 is 18.7 Å². The van der Waals surface area contributed by atoms with Gasteiger partial charge in [-0.3, -0.25) is 9.59 Å². The fourth-order valence-corrected chi connectivity index (χ4v) is 4.40. The molecule has 0 aromatic heterocycles. The summed E-state index contributed by atoms with van der Waals surface area (Å²) in [5.41, 5.74) is 1.50. The highest BCUT2D eigenvalue weighted by atomic mass is 19.1. The molecule has 0 bridgehead atoms. The van der Waals surface area contributed by atoms with Gasteiger partial charge in [0.2, 0.25) is 5.91 Å². The molecule has 0 radical (unpaired) electrons. The number of amides is 2. The van der Waals surface area contributed by atoms with Crippen LogP contribution in [0.5, 0.6) is 0 Å². The zero-order chi connectivity index (χ0) is 19.9. The van der Waals surface area contributed by atoms with Gasteiger partial charge in [-0.25, -0.2) is 4.39 Å². The maximum Gasteiger partial charge on any atom is 0.254 e. The molecular weight excluding hydrogens is 359 g/mol. The number of nitrogens with zero attached hydrogens (tertiary/aromatic N) is 2. The molecule has 0 unspecified atom stereocenters. The van der Waals surface area contributed by atoms with Gasteiger partial charge in [0.15, 0.2) is 0 Å². The molecule has 2 atom stereocenters. The van der Waals surface area contributed by atoms with Gasteiger partial charge in [-0.15, -0.1) is 0 Å². The Hall–Kier alpha value is -2.73. The van der Waals surface area contributed by atoms with E-state index in [1.807, 2.05) is 30.3 Å². The number of hydrogen-bond acceptors (Lipinski definition) is 3. The second-order valence-electron chi connectivity index (χ2n) is 7.50. The summed E-state index contributed by atoms with van der Waals surface area (Å²) >= 11 is 0. The number of fused-ring (bicyclic) bond motifs is 1. The zero-order valence-corrected chi connectivity index (χ0v) is 16.0. The molecule has 0 saturated carbocycles. The minimum absolute atomic E-state index is 0.00320. The molecule has 2 aromatic carbocycles. The van der Waals surface area contributed by atoms with Crippen LogP contribution in [0.2, 0.25) is 0 Å². The molecule has 2 aliphatic rings. The first-order valence-electron chi connectivity index (χ1n) is 9.42. The van der Waals surface area contributed by atoms with Crippen molar-refractivity contribution in [2.24, 2.45) is 0 Å². The van der Waals surface area contributed by atoms with Crippen LogP contribution in [0, 0.1) is 12.7 Å². The van der Waals surface area contributed by atoms with Crippen molar-refractivity contribution in [3.8, 4) is 0 Å². The summed E-state index contributed by atoms with van der Waals surface area (Å²) in [7, 11) is 1.80. The smallest absolute Gasteiger partial charge is 0.254 e. The summed E-state index contributed by atoms with van der Waals surface area (Å²) < 4.78 is 19.6. The number of benzene rings is 2. The van der Waals surface area contributed by atoms with Crippen LogP contribution in [-0.4, -0.2) is 54.5 Å². The maximum atomic E-state index is 13.7. The number of likely N-dealkylation sites (N-methyl/N-ethyl adjacent to an activating group) is 1. The number of rotatable bonds is 2. The van der Waals surface area contributed by atoms with Gasteiger partial charge in [0, 0.05) is 25.7 Å². The van der Waals surface area contributed by atoms with Crippen LogP contribution >= 0.6 is 0 Å². The Bertz CT molecular complexity index is 917. The van der Waals surface area contributed by atoms with Crippen LogP contribution in [0.3, 0.4) is 0 Å². The highest BCUT2D eigenvalue weighted by Gasteiger charge is 2.53. The summed E-state index contributed by atoms with van der Waals surface area (Å²) in [5.74, 6) is -0.702. The van der Waals surface area contributed by atoms with Gasteiger partial charge in [0.05, 0.1) is 5.54 Å². The Labute approximate surface area is 163 Å². The number of aryl methyl sites for hydroxylation is 1. The van der Waals surface area contributed by atoms with Crippen molar-refractivity contribution in [2.75, 3.05) is 26.7 Å². The number of piperidine rings is 1. The van der Waals surface area contributed by atoms with E-state index in [-0.39, 0.29) is 24.5 Å². The van der Waals surface area contributed by atoms with E-state index in [1.165, 1.54) is 12.1 Å². The number of ether oxygens (including phenoxy) is 1. The van der Waals surface area contributed by atoms with Crippen LogP contribution < -0.4 is 0 Å². The van der Waals surface area contributed by atoms with Gasteiger partial charge in [-0.1, -0.05) is 36.4 Å². The molecule has 2 saturated heterocycles. The molecular formula is C22H23FN2O3. The largest absolute Gasteiger partial charge is 0.364 e. The number of likely N-dealkylation sites (tertiary alicyclic amines) is 1. The van der Waals surface area contributed by atoms with Crippen molar-refractivity contribution in [3.05, 3.63) is 71.0 Å². The molecule has 4 rings (SSSR count). The van der Waals surface area contributed by atoms with E-state index in [0.29, 0.717) is 25.1 Å². The van der Waals surface area contributed by atoms with Gasteiger partial charge >= 0.3 is 0 Å². The highest BCUT2D eigenvalue weighted by molar-refractivity contribution is 5.95. The minimum Gasteiger partial charge on any atom is -0.364 e. The van der Waals surface area contributed by atoms with E-state index in [0.717, 1.165) is 11.1 Å². The van der Waals surface area contributed by atoms with Crippen LogP contribution in [0.25, 0.3) is 0 Å². The van der Waals surface area contributed by atoms with E-state index < -0.39 is 11.4 Å². The molecule has 2 amide bonds. The van der Waals surface area contributed by atoms with Gasteiger partial charge in [-0.05, 0) is 36.6 Å². The van der Waals surface area contributed by atoms with Crippen LogP contribution in [0.4, 0.5) is 4.39 Å². The van der Waals surface area contributed by atoms with Crippen LogP contribution in [-0.2, 0) is 15.1 Å². The van der Waals surface area contributed by atoms with Crippen molar-refractivity contribution in [3.63, 3.8) is 0 Å². The van der Waals surface area contributed by atoms with E-state index in [4.69, 9.17) is 4.74 Å². The highest BCUT2D eigenvalue weighted by Crippen LogP contribution is 2.42. The Balaban J connectivity index is 1.67. The lowest BCUT2D eigenvalue weighted by atomic mass is 9.76. The first kappa shape index (κ1) is 18.6. The van der Waals surface area contributed by atoms with Gasteiger partial charge in [-0.2, -0.15) is 0 Å². The molecule has 2 heterocycles. The summed E-state index contributed by atoms with van der Waals surface area (Å²) in [6.45, 7) is 2.60. The molecule has 6 heteroatoms. The average molecular weight is 382 g/mol. The predicted octanol–water partition coefficient (Wildman–Crippen LogP) is 2.73. The molecule has 2 aromatic rings. The Morgan fingerprint density at radius 1 is 1.21 bits per heavy atom. The molecule has 28 heavy (non-hydrogen) atoms. The quantitative estimate of drug-likeness (QED) is 0.803. The standard InChI is InChI=1S/C22H23FN2O3/c1-15-8-9-17(23)12-18(15)21(27)25-11-10-22(16-6-4-3-5-7-16)19(13-25)28-14-20(26)24(22)2/h3-9,12,19H,10-11,13-14H2,1-2H3/t19-,22+/m1/s1. The van der Waals surface area contributed by atoms with Crippen molar-refractivity contribution in [2.45, 2.75) is 25.0 Å². The molecule has 2 fully saturated rings. The lowest BCUT2D eigenvalue weighted by Gasteiger charge is -2.54. The second-order valence-corrected chi connectivity index (χ2v) is 7.50. The fraction of sp³-hybridized carbons (Fsp3) is 0.364. The minimum atomic E-state index is -0.607. The monoisotopic (exact) mass is 382 g/mol. The second kappa shape index (κ2) is 7.02. The number of carbonyl (C=O) groups excluding carboxylic acids is 2. The van der Waals surface area contributed by atoms with E-state index in [2.05, 4.69) is 0 Å². The number of morpholine rings is 1. The van der Waals surface area contributed by atoms with Crippen molar-refractivity contribution >= 4 is 11.8 Å². The van der Waals surface area contributed by atoms with Crippen molar-refractivity contribution in [1.82, 2.24) is 9.80 Å². The van der Waals surface area contributed by atoms with E-state index >= 15 is 0 Å². The number of carbonyl (C=O) groups is 2. The number of hydrogen-bond donors (Lipinski definition) is 0. The SMILES string of the molecule is Cc1ccc(F)cc1C(=O)N1CC[C@]2(c3ccccc3)[C@@H](C1)OCC(=O)N2C. The van der Waals surface area contributed by atoms with E-state index in [1.54, 1.807) is 29.8 Å². The predicted molar refractivity (Wildman–Crippen MR) is 102 cm³/mol. The third-order valence-corrected chi connectivity index (χ3v) is 6.05. The Morgan fingerprint density at radius 3 is 2.71 bits per heavy atom. The first-order valence-corrected chi connectivity index (χ1v) is 9.42. The Morgan fingerprint density at radius 2 is 1.96 bits per heavy atom.